The van der Waals surface area contributed by atoms with Crippen LogP contribution in [-0.2, 0) is 9.53 Å². The van der Waals surface area contributed by atoms with Crippen LogP contribution in [0.25, 0.3) is 0 Å². The van der Waals surface area contributed by atoms with E-state index in [9.17, 15) is 4.79 Å². The van der Waals surface area contributed by atoms with E-state index >= 15 is 0 Å². The smallest absolute Gasteiger partial charge is 0.236 e. The molecule has 1 amide bonds. The molecule has 0 bridgehead atoms. The average molecular weight is 242 g/mol. The van der Waals surface area contributed by atoms with Gasteiger partial charge in [0.15, 0.2) is 0 Å². The molecule has 1 saturated heterocycles. The fraction of sp³-hybridized carbons (Fsp3) is 0.923. The molecule has 1 aliphatic rings. The third-order valence-electron chi connectivity index (χ3n) is 3.44. The average Bonchev–Trinajstić information content (AvgIpc) is 2.72. The van der Waals surface area contributed by atoms with Crippen LogP contribution in [0.1, 0.15) is 40.0 Å². The second-order valence-electron chi connectivity index (χ2n) is 4.90. The van der Waals surface area contributed by atoms with Crippen LogP contribution in [0.3, 0.4) is 0 Å². The first-order chi connectivity index (χ1) is 8.15. The Bertz CT molecular complexity index is 233. The van der Waals surface area contributed by atoms with Crippen LogP contribution in [0.4, 0.5) is 0 Å². The number of nitrogens with one attached hydrogen (secondary N) is 2. The number of carbonyl (C=O) groups is 1. The zero-order chi connectivity index (χ0) is 12.7. The Morgan fingerprint density at radius 3 is 2.88 bits per heavy atom. The predicted octanol–water partition coefficient (Wildman–Crippen LogP) is 1.31. The van der Waals surface area contributed by atoms with E-state index in [0.29, 0.717) is 12.0 Å². The summed E-state index contributed by atoms with van der Waals surface area (Å²) in [5.41, 5.74) is 0. The van der Waals surface area contributed by atoms with Gasteiger partial charge in [-0.05, 0) is 32.6 Å². The van der Waals surface area contributed by atoms with E-state index in [1.165, 1.54) is 0 Å². The summed E-state index contributed by atoms with van der Waals surface area (Å²) in [6, 6.07) is -0.111. The minimum atomic E-state index is -0.111. The number of amides is 1. The molecule has 1 heterocycles. The van der Waals surface area contributed by atoms with E-state index in [4.69, 9.17) is 4.74 Å². The van der Waals surface area contributed by atoms with Crippen LogP contribution < -0.4 is 10.6 Å². The number of hydrogen-bond donors (Lipinski definition) is 2. The summed E-state index contributed by atoms with van der Waals surface area (Å²) in [5.74, 6) is 0.644. The summed E-state index contributed by atoms with van der Waals surface area (Å²) in [5, 5.41) is 6.23. The van der Waals surface area contributed by atoms with Crippen molar-refractivity contribution in [1.29, 1.82) is 0 Å². The van der Waals surface area contributed by atoms with Crippen molar-refractivity contribution in [1.82, 2.24) is 10.6 Å². The van der Waals surface area contributed by atoms with Crippen molar-refractivity contribution in [2.24, 2.45) is 5.92 Å². The van der Waals surface area contributed by atoms with Crippen LogP contribution in [0, 0.1) is 5.92 Å². The normalized spacial score (nSPS) is 25.8. The molecule has 3 atom stereocenters. The quantitative estimate of drug-likeness (QED) is 0.662. The summed E-state index contributed by atoms with van der Waals surface area (Å²) in [6.45, 7) is 8.64. The lowest BCUT2D eigenvalue weighted by atomic mass is 10.0. The van der Waals surface area contributed by atoms with Crippen LogP contribution in [0.5, 0.6) is 0 Å². The Morgan fingerprint density at radius 2 is 2.29 bits per heavy atom. The van der Waals surface area contributed by atoms with Gasteiger partial charge in [-0.1, -0.05) is 13.3 Å². The summed E-state index contributed by atoms with van der Waals surface area (Å²) < 4.78 is 5.50. The summed E-state index contributed by atoms with van der Waals surface area (Å²) in [7, 11) is 0. The molecular formula is C13H26N2O2. The molecule has 0 aliphatic carbocycles. The lowest BCUT2D eigenvalue weighted by Crippen LogP contribution is -2.44. The van der Waals surface area contributed by atoms with Gasteiger partial charge in [-0.2, -0.15) is 0 Å². The summed E-state index contributed by atoms with van der Waals surface area (Å²) in [6.07, 6.45) is 3.57. The van der Waals surface area contributed by atoms with Gasteiger partial charge in [-0.25, -0.2) is 0 Å². The van der Waals surface area contributed by atoms with E-state index in [-0.39, 0.29) is 11.9 Å². The molecule has 2 N–H and O–H groups in total. The van der Waals surface area contributed by atoms with Crippen LogP contribution in [0.15, 0.2) is 0 Å². The molecule has 0 spiro atoms. The molecule has 0 radical (unpaired) electrons. The fourth-order valence-electron chi connectivity index (χ4n) is 2.01. The van der Waals surface area contributed by atoms with E-state index in [1.54, 1.807) is 0 Å². The topological polar surface area (TPSA) is 50.4 Å². The standard InChI is InChI=1S/C13H26N2O2/c1-4-5-7-14-13(16)10(2)15-9-12-6-8-17-11(12)3/h10-12,15H,4-9H2,1-3H3,(H,14,16). The first-order valence-electron chi connectivity index (χ1n) is 6.77. The van der Waals surface area contributed by atoms with Crippen molar-refractivity contribution in [3.63, 3.8) is 0 Å². The third-order valence-corrected chi connectivity index (χ3v) is 3.44. The Hall–Kier alpha value is -0.610. The minimum Gasteiger partial charge on any atom is -0.378 e. The maximum Gasteiger partial charge on any atom is 0.236 e. The van der Waals surface area contributed by atoms with Gasteiger partial charge in [0.1, 0.15) is 0 Å². The molecule has 17 heavy (non-hydrogen) atoms. The van der Waals surface area contributed by atoms with Gasteiger partial charge in [0, 0.05) is 19.7 Å². The van der Waals surface area contributed by atoms with Gasteiger partial charge < -0.3 is 15.4 Å². The zero-order valence-corrected chi connectivity index (χ0v) is 11.3. The molecule has 100 valence electrons. The number of carbonyl (C=O) groups excluding carboxylic acids is 1. The SMILES string of the molecule is CCCCNC(=O)C(C)NCC1CCOC1C. The molecule has 4 nitrogen and oxygen atoms in total. The molecule has 1 fully saturated rings. The third kappa shape index (κ3) is 5.04. The number of hydrogen-bond acceptors (Lipinski definition) is 3. The lowest BCUT2D eigenvalue weighted by molar-refractivity contribution is -0.122. The second kappa shape index (κ2) is 7.67. The molecular weight excluding hydrogens is 216 g/mol. The summed E-state index contributed by atoms with van der Waals surface area (Å²) >= 11 is 0. The Balaban J connectivity index is 2.15. The number of ether oxygens (including phenoxy) is 1. The van der Waals surface area contributed by atoms with Crippen molar-refractivity contribution in [3.8, 4) is 0 Å². The molecule has 0 saturated carbocycles. The Labute approximate surface area is 104 Å². The van der Waals surface area contributed by atoms with Gasteiger partial charge in [-0.3, -0.25) is 4.79 Å². The highest BCUT2D eigenvalue weighted by Gasteiger charge is 2.24. The van der Waals surface area contributed by atoms with Gasteiger partial charge in [-0.15, -0.1) is 0 Å². The molecule has 1 aliphatic heterocycles. The van der Waals surface area contributed by atoms with E-state index < -0.39 is 0 Å². The van der Waals surface area contributed by atoms with Crippen molar-refractivity contribution < 1.29 is 9.53 Å². The van der Waals surface area contributed by atoms with Gasteiger partial charge in [0.25, 0.3) is 0 Å². The molecule has 0 aromatic carbocycles. The van der Waals surface area contributed by atoms with Crippen molar-refractivity contribution >= 4 is 5.91 Å². The van der Waals surface area contributed by atoms with Gasteiger partial charge in [0.2, 0.25) is 5.91 Å². The first kappa shape index (κ1) is 14.5. The molecule has 0 aromatic heterocycles. The second-order valence-corrected chi connectivity index (χ2v) is 4.90. The monoisotopic (exact) mass is 242 g/mol. The molecule has 4 heteroatoms. The number of rotatable bonds is 7. The lowest BCUT2D eigenvalue weighted by Gasteiger charge is -2.18. The first-order valence-corrected chi connectivity index (χ1v) is 6.77. The highest BCUT2D eigenvalue weighted by Crippen LogP contribution is 2.19. The predicted molar refractivity (Wildman–Crippen MR) is 68.9 cm³/mol. The van der Waals surface area contributed by atoms with Gasteiger partial charge >= 0.3 is 0 Å². The van der Waals surface area contributed by atoms with E-state index in [0.717, 1.165) is 39.0 Å². The maximum absolute atomic E-state index is 11.7. The highest BCUT2D eigenvalue weighted by molar-refractivity contribution is 5.81. The van der Waals surface area contributed by atoms with Crippen molar-refractivity contribution in [2.75, 3.05) is 19.7 Å². The van der Waals surface area contributed by atoms with Crippen molar-refractivity contribution in [3.05, 3.63) is 0 Å². The Morgan fingerprint density at radius 1 is 1.53 bits per heavy atom. The minimum absolute atomic E-state index is 0.102. The Kier molecular flexibility index (Phi) is 6.52. The highest BCUT2D eigenvalue weighted by atomic mass is 16.5. The van der Waals surface area contributed by atoms with E-state index in [1.807, 2.05) is 6.92 Å². The van der Waals surface area contributed by atoms with Crippen LogP contribution in [-0.4, -0.2) is 37.7 Å². The fourth-order valence-corrected chi connectivity index (χ4v) is 2.01. The van der Waals surface area contributed by atoms with E-state index in [2.05, 4.69) is 24.5 Å². The van der Waals surface area contributed by atoms with Crippen LogP contribution >= 0.6 is 0 Å². The summed E-state index contributed by atoms with van der Waals surface area (Å²) in [4.78, 5) is 11.7. The molecule has 1 rings (SSSR count). The largest absolute Gasteiger partial charge is 0.378 e. The molecule has 0 aromatic rings. The van der Waals surface area contributed by atoms with Crippen LogP contribution in [0.2, 0.25) is 0 Å². The van der Waals surface area contributed by atoms with Gasteiger partial charge in [0.05, 0.1) is 12.1 Å². The van der Waals surface area contributed by atoms with Crippen molar-refractivity contribution in [2.45, 2.75) is 52.2 Å². The molecule has 3 unspecified atom stereocenters. The number of unbranched alkanes of at least 4 members (excludes halogenated alkanes) is 1. The zero-order valence-electron chi connectivity index (χ0n) is 11.3. The maximum atomic E-state index is 11.7.